The van der Waals surface area contributed by atoms with Gasteiger partial charge in [0.05, 0.1) is 0 Å². The quantitative estimate of drug-likeness (QED) is 0.732. The molecule has 0 spiro atoms. The first-order valence-electron chi connectivity index (χ1n) is 4.45. The lowest BCUT2D eigenvalue weighted by molar-refractivity contribution is 0.545. The van der Waals surface area contributed by atoms with E-state index in [1.165, 1.54) is 0 Å². The van der Waals surface area contributed by atoms with E-state index in [1.807, 2.05) is 26.8 Å². The lowest BCUT2D eigenvalue weighted by atomic mass is 9.95. The summed E-state index contributed by atoms with van der Waals surface area (Å²) in [5.74, 6) is 1.36. The van der Waals surface area contributed by atoms with E-state index in [0.29, 0.717) is 17.3 Å². The van der Waals surface area contributed by atoms with Gasteiger partial charge in [0.15, 0.2) is 0 Å². The zero-order valence-corrected chi connectivity index (χ0v) is 8.92. The fourth-order valence-corrected chi connectivity index (χ4v) is 0.968. The second-order valence-corrected chi connectivity index (χ2v) is 4.07. The average Bonchev–Trinajstić information content (AvgIpc) is 2.15. The Kier molecular flexibility index (Phi) is 2.70. The molecule has 0 aliphatic rings. The minimum absolute atomic E-state index is 0.140. The number of nitriles is 1. The Morgan fingerprint density at radius 1 is 1.36 bits per heavy atom. The van der Waals surface area contributed by atoms with Gasteiger partial charge in [-0.1, -0.05) is 20.8 Å². The van der Waals surface area contributed by atoms with Gasteiger partial charge in [-0.25, -0.2) is 9.97 Å². The predicted octanol–water partition coefficient (Wildman–Crippen LogP) is 1.69. The Hall–Kier alpha value is -1.63. The Morgan fingerprint density at radius 3 is 2.43 bits per heavy atom. The van der Waals surface area contributed by atoms with Gasteiger partial charge in [-0.3, -0.25) is 0 Å². The molecule has 0 unspecified atom stereocenters. The standard InChI is InChI=1S/C10H14N4/c1-10(2,3)9-13-7(6-11)5-8(12-4)14-9/h5H,1-4H3,(H,12,13,14). The molecule has 0 saturated carbocycles. The summed E-state index contributed by atoms with van der Waals surface area (Å²) in [6.07, 6.45) is 0. The number of nitrogens with one attached hydrogen (secondary N) is 1. The fourth-order valence-electron chi connectivity index (χ4n) is 0.968. The highest BCUT2D eigenvalue weighted by Gasteiger charge is 2.18. The third-order valence-corrected chi connectivity index (χ3v) is 1.77. The minimum Gasteiger partial charge on any atom is -0.373 e. The summed E-state index contributed by atoms with van der Waals surface area (Å²) in [7, 11) is 1.77. The molecule has 4 heteroatoms. The van der Waals surface area contributed by atoms with Crippen LogP contribution in [0.2, 0.25) is 0 Å². The molecule has 1 aromatic heterocycles. The fraction of sp³-hybridized carbons (Fsp3) is 0.500. The Morgan fingerprint density at radius 2 is 2.00 bits per heavy atom. The molecule has 1 heterocycles. The van der Waals surface area contributed by atoms with Crippen molar-refractivity contribution in [1.82, 2.24) is 9.97 Å². The zero-order chi connectivity index (χ0) is 10.8. The van der Waals surface area contributed by atoms with Crippen molar-refractivity contribution >= 4 is 5.82 Å². The van der Waals surface area contributed by atoms with Gasteiger partial charge in [0.2, 0.25) is 0 Å². The van der Waals surface area contributed by atoms with E-state index >= 15 is 0 Å². The van der Waals surface area contributed by atoms with Crippen LogP contribution in [0.1, 0.15) is 32.3 Å². The van der Waals surface area contributed by atoms with E-state index < -0.39 is 0 Å². The maximum absolute atomic E-state index is 8.78. The van der Waals surface area contributed by atoms with Crippen LogP contribution in [0.15, 0.2) is 6.07 Å². The highest BCUT2D eigenvalue weighted by atomic mass is 15.0. The van der Waals surface area contributed by atoms with E-state index in [-0.39, 0.29) is 5.41 Å². The SMILES string of the molecule is CNc1cc(C#N)nc(C(C)(C)C)n1. The first-order valence-corrected chi connectivity index (χ1v) is 4.45. The maximum atomic E-state index is 8.78. The van der Waals surface area contributed by atoms with E-state index in [4.69, 9.17) is 5.26 Å². The minimum atomic E-state index is -0.140. The van der Waals surface area contributed by atoms with Gasteiger partial charge in [-0.15, -0.1) is 0 Å². The third kappa shape index (κ3) is 2.19. The highest BCUT2D eigenvalue weighted by Crippen LogP contribution is 2.19. The molecule has 0 saturated heterocycles. The molecule has 0 amide bonds. The van der Waals surface area contributed by atoms with Gasteiger partial charge in [0.1, 0.15) is 23.4 Å². The van der Waals surface area contributed by atoms with Gasteiger partial charge < -0.3 is 5.32 Å². The van der Waals surface area contributed by atoms with E-state index in [2.05, 4.69) is 15.3 Å². The van der Waals surface area contributed by atoms with Crippen molar-refractivity contribution in [2.75, 3.05) is 12.4 Å². The summed E-state index contributed by atoms with van der Waals surface area (Å²) < 4.78 is 0. The summed E-state index contributed by atoms with van der Waals surface area (Å²) in [4.78, 5) is 8.46. The monoisotopic (exact) mass is 190 g/mol. The molecule has 0 aromatic carbocycles. The van der Waals surface area contributed by atoms with Gasteiger partial charge in [0, 0.05) is 18.5 Å². The average molecular weight is 190 g/mol. The van der Waals surface area contributed by atoms with Crippen LogP contribution >= 0.6 is 0 Å². The number of anilines is 1. The van der Waals surface area contributed by atoms with Crippen LogP contribution in [0, 0.1) is 11.3 Å². The molecule has 1 N–H and O–H groups in total. The van der Waals surface area contributed by atoms with Crippen LogP contribution in [0.4, 0.5) is 5.82 Å². The number of rotatable bonds is 1. The molecular weight excluding hydrogens is 176 g/mol. The van der Waals surface area contributed by atoms with Gasteiger partial charge in [-0.05, 0) is 0 Å². The van der Waals surface area contributed by atoms with Crippen LogP contribution < -0.4 is 5.32 Å². The Labute approximate surface area is 84.0 Å². The van der Waals surface area contributed by atoms with Crippen molar-refractivity contribution in [2.24, 2.45) is 0 Å². The summed E-state index contributed by atoms with van der Waals surface area (Å²) in [5, 5.41) is 11.7. The van der Waals surface area contributed by atoms with Crippen molar-refractivity contribution < 1.29 is 0 Å². The van der Waals surface area contributed by atoms with E-state index in [0.717, 1.165) is 0 Å². The van der Waals surface area contributed by atoms with Crippen molar-refractivity contribution in [1.29, 1.82) is 5.26 Å². The summed E-state index contributed by atoms with van der Waals surface area (Å²) in [6, 6.07) is 3.66. The molecule has 4 nitrogen and oxygen atoms in total. The molecule has 14 heavy (non-hydrogen) atoms. The zero-order valence-electron chi connectivity index (χ0n) is 8.92. The lowest BCUT2D eigenvalue weighted by Gasteiger charge is -2.17. The van der Waals surface area contributed by atoms with Crippen LogP contribution in [-0.4, -0.2) is 17.0 Å². The number of hydrogen-bond donors (Lipinski definition) is 1. The predicted molar refractivity (Wildman–Crippen MR) is 55.0 cm³/mol. The van der Waals surface area contributed by atoms with Crippen molar-refractivity contribution in [3.63, 3.8) is 0 Å². The maximum Gasteiger partial charge on any atom is 0.146 e. The second-order valence-electron chi connectivity index (χ2n) is 4.07. The number of aromatic nitrogens is 2. The molecule has 1 rings (SSSR count). The Balaban J connectivity index is 3.26. The molecule has 74 valence electrons. The Bertz CT molecular complexity index is 371. The smallest absolute Gasteiger partial charge is 0.146 e. The molecule has 0 atom stereocenters. The largest absolute Gasteiger partial charge is 0.373 e. The van der Waals surface area contributed by atoms with Gasteiger partial charge >= 0.3 is 0 Å². The number of nitrogens with zero attached hydrogens (tertiary/aromatic N) is 3. The molecule has 0 aliphatic carbocycles. The van der Waals surface area contributed by atoms with Crippen molar-refractivity contribution in [3.8, 4) is 6.07 Å². The second kappa shape index (κ2) is 3.62. The van der Waals surface area contributed by atoms with Crippen LogP contribution in [0.25, 0.3) is 0 Å². The van der Waals surface area contributed by atoms with E-state index in [1.54, 1.807) is 13.1 Å². The third-order valence-electron chi connectivity index (χ3n) is 1.77. The summed E-state index contributed by atoms with van der Waals surface area (Å²) in [5.41, 5.74) is 0.257. The van der Waals surface area contributed by atoms with Crippen LogP contribution in [0.5, 0.6) is 0 Å². The normalized spacial score (nSPS) is 10.8. The molecule has 0 bridgehead atoms. The van der Waals surface area contributed by atoms with Crippen molar-refractivity contribution in [3.05, 3.63) is 17.6 Å². The van der Waals surface area contributed by atoms with E-state index in [9.17, 15) is 0 Å². The van der Waals surface area contributed by atoms with Gasteiger partial charge in [0.25, 0.3) is 0 Å². The van der Waals surface area contributed by atoms with Crippen molar-refractivity contribution in [2.45, 2.75) is 26.2 Å². The van der Waals surface area contributed by atoms with Crippen LogP contribution in [0.3, 0.4) is 0 Å². The molecule has 0 radical (unpaired) electrons. The molecule has 0 aliphatic heterocycles. The first-order chi connectivity index (χ1) is 6.47. The highest BCUT2D eigenvalue weighted by molar-refractivity contribution is 5.40. The van der Waals surface area contributed by atoms with Crippen LogP contribution in [-0.2, 0) is 5.41 Å². The summed E-state index contributed by atoms with van der Waals surface area (Å²) >= 11 is 0. The molecular formula is C10H14N4. The molecule has 0 fully saturated rings. The van der Waals surface area contributed by atoms with Gasteiger partial charge in [-0.2, -0.15) is 5.26 Å². The topological polar surface area (TPSA) is 61.6 Å². The first kappa shape index (κ1) is 10.5. The lowest BCUT2D eigenvalue weighted by Crippen LogP contribution is -2.17. The molecule has 1 aromatic rings. The number of hydrogen-bond acceptors (Lipinski definition) is 4. The summed E-state index contributed by atoms with van der Waals surface area (Å²) in [6.45, 7) is 6.05.